The molecule has 0 radical (unpaired) electrons. The van der Waals surface area contributed by atoms with Gasteiger partial charge >= 0.3 is 6.18 Å². The third kappa shape index (κ3) is 3.33. The molecular formula is C13H18F3N3O. The summed E-state index contributed by atoms with van der Waals surface area (Å²) in [6.45, 7) is 2.77. The van der Waals surface area contributed by atoms with Crippen molar-refractivity contribution in [3.63, 3.8) is 0 Å². The lowest BCUT2D eigenvalue weighted by Crippen LogP contribution is -2.59. The number of amides is 1. The van der Waals surface area contributed by atoms with Crippen LogP contribution in [0.4, 0.5) is 13.2 Å². The van der Waals surface area contributed by atoms with Crippen LogP contribution in [0.1, 0.15) is 23.8 Å². The van der Waals surface area contributed by atoms with Crippen molar-refractivity contribution in [1.29, 1.82) is 0 Å². The lowest BCUT2D eigenvalue weighted by Gasteiger charge is -2.38. The molecule has 20 heavy (non-hydrogen) atoms. The zero-order valence-electron chi connectivity index (χ0n) is 11.3. The van der Waals surface area contributed by atoms with E-state index in [0.717, 1.165) is 11.0 Å². The molecular weight excluding hydrogens is 271 g/mol. The largest absolute Gasteiger partial charge is 0.406 e. The molecule has 1 N–H and O–H groups in total. The van der Waals surface area contributed by atoms with Crippen molar-refractivity contribution < 1.29 is 18.0 Å². The Bertz CT molecular complexity index is 466. The monoisotopic (exact) mass is 289 g/mol. The molecule has 1 saturated heterocycles. The van der Waals surface area contributed by atoms with E-state index >= 15 is 0 Å². The van der Waals surface area contributed by atoms with Crippen molar-refractivity contribution in [3.05, 3.63) is 24.0 Å². The minimum absolute atomic E-state index is 0.0803. The summed E-state index contributed by atoms with van der Waals surface area (Å²) in [7, 11) is 0. The molecule has 0 unspecified atom stereocenters. The number of carbonyl (C=O) groups excluding carboxylic acids is 1. The molecule has 112 valence electrons. The van der Waals surface area contributed by atoms with E-state index in [1.54, 1.807) is 4.90 Å². The van der Waals surface area contributed by atoms with Crippen LogP contribution in [-0.2, 0) is 6.54 Å². The van der Waals surface area contributed by atoms with Gasteiger partial charge in [-0.05, 0) is 18.6 Å². The summed E-state index contributed by atoms with van der Waals surface area (Å²) < 4.78 is 38.4. The maximum atomic E-state index is 12.5. The second-order valence-electron chi connectivity index (χ2n) is 4.95. The van der Waals surface area contributed by atoms with E-state index in [2.05, 4.69) is 5.32 Å². The predicted octanol–water partition coefficient (Wildman–Crippen LogP) is 1.87. The fourth-order valence-corrected chi connectivity index (χ4v) is 2.27. The first-order valence-electron chi connectivity index (χ1n) is 6.66. The van der Waals surface area contributed by atoms with Gasteiger partial charge in [0.15, 0.2) is 0 Å². The minimum Gasteiger partial charge on any atom is -0.334 e. The molecule has 1 aliphatic heterocycles. The number of hydrogen-bond acceptors (Lipinski definition) is 2. The van der Waals surface area contributed by atoms with Crippen molar-refractivity contribution in [2.45, 2.75) is 32.1 Å². The molecule has 1 amide bonds. The van der Waals surface area contributed by atoms with E-state index in [0.29, 0.717) is 19.6 Å². The van der Waals surface area contributed by atoms with Crippen LogP contribution >= 0.6 is 0 Å². The topological polar surface area (TPSA) is 37.3 Å². The van der Waals surface area contributed by atoms with Crippen molar-refractivity contribution in [2.24, 2.45) is 0 Å². The highest BCUT2D eigenvalue weighted by Crippen LogP contribution is 2.20. The maximum Gasteiger partial charge on any atom is 0.406 e. The fraction of sp³-hybridized carbons (Fsp3) is 0.615. The summed E-state index contributed by atoms with van der Waals surface area (Å²) in [5, 5.41) is 3.07. The molecule has 1 fully saturated rings. The normalized spacial score (nSPS) is 16.0. The highest BCUT2D eigenvalue weighted by atomic mass is 19.4. The van der Waals surface area contributed by atoms with Crippen LogP contribution in [0.25, 0.3) is 0 Å². The molecule has 0 bridgehead atoms. The number of alkyl halides is 3. The number of nitrogens with zero attached hydrogens (tertiary/aromatic N) is 2. The maximum absolute atomic E-state index is 12.5. The summed E-state index contributed by atoms with van der Waals surface area (Å²) in [5.41, 5.74) is 0.0997. The molecule has 7 heteroatoms. The van der Waals surface area contributed by atoms with Gasteiger partial charge in [-0.2, -0.15) is 13.2 Å². The second kappa shape index (κ2) is 5.87. The van der Waals surface area contributed by atoms with Crippen LogP contribution in [-0.4, -0.2) is 47.2 Å². The summed E-state index contributed by atoms with van der Waals surface area (Å²) in [6, 6.07) is 3.00. The lowest BCUT2D eigenvalue weighted by atomic mass is 10.1. The van der Waals surface area contributed by atoms with Crippen LogP contribution in [0, 0.1) is 0 Å². The summed E-state index contributed by atoms with van der Waals surface area (Å²) in [6.07, 6.45) is -2.26. The smallest absolute Gasteiger partial charge is 0.334 e. The molecule has 0 aromatic carbocycles. The van der Waals surface area contributed by atoms with Crippen LogP contribution in [0.15, 0.2) is 18.3 Å². The highest BCUT2D eigenvalue weighted by molar-refractivity contribution is 5.93. The third-order valence-electron chi connectivity index (χ3n) is 3.32. The molecule has 1 aromatic heterocycles. The van der Waals surface area contributed by atoms with Crippen molar-refractivity contribution in [2.75, 3.05) is 19.6 Å². The molecule has 0 saturated carbocycles. The van der Waals surface area contributed by atoms with E-state index in [-0.39, 0.29) is 17.6 Å². The van der Waals surface area contributed by atoms with E-state index in [1.807, 2.05) is 6.92 Å². The van der Waals surface area contributed by atoms with Gasteiger partial charge in [-0.25, -0.2) is 0 Å². The van der Waals surface area contributed by atoms with Gasteiger partial charge in [0.1, 0.15) is 12.2 Å². The summed E-state index contributed by atoms with van der Waals surface area (Å²) >= 11 is 0. The predicted molar refractivity (Wildman–Crippen MR) is 68.5 cm³/mol. The standard InChI is InChI=1S/C13H18F3N3O/c1-2-5-19(10-7-17-8-10)12(20)11-4-3-6-18(11)9-13(14,15)16/h3-4,6,10,17H,2,5,7-9H2,1H3. The Balaban J connectivity index is 2.16. The zero-order valence-corrected chi connectivity index (χ0v) is 11.3. The quantitative estimate of drug-likeness (QED) is 0.898. The number of halogens is 3. The van der Waals surface area contributed by atoms with Gasteiger partial charge in [-0.1, -0.05) is 6.92 Å². The Kier molecular flexibility index (Phi) is 4.37. The molecule has 0 aliphatic carbocycles. The first-order chi connectivity index (χ1) is 9.42. The molecule has 2 heterocycles. The summed E-state index contributed by atoms with van der Waals surface area (Å²) in [5.74, 6) is -0.326. The number of rotatable bonds is 5. The van der Waals surface area contributed by atoms with Crippen LogP contribution in [0.5, 0.6) is 0 Å². The number of hydrogen-bond donors (Lipinski definition) is 1. The van der Waals surface area contributed by atoms with Crippen LogP contribution < -0.4 is 5.32 Å². The lowest BCUT2D eigenvalue weighted by molar-refractivity contribution is -0.140. The van der Waals surface area contributed by atoms with Gasteiger partial charge in [-0.3, -0.25) is 4.79 Å². The molecule has 0 atom stereocenters. The molecule has 0 spiro atoms. The molecule has 1 aliphatic rings. The molecule has 1 aromatic rings. The first kappa shape index (κ1) is 14.9. The SMILES string of the molecule is CCCN(C(=O)c1cccn1CC(F)(F)F)C1CNC1. The van der Waals surface area contributed by atoms with Crippen molar-refractivity contribution in [3.8, 4) is 0 Å². The number of carbonyl (C=O) groups is 1. The zero-order chi connectivity index (χ0) is 14.8. The number of nitrogens with one attached hydrogen (secondary N) is 1. The highest BCUT2D eigenvalue weighted by Gasteiger charge is 2.33. The van der Waals surface area contributed by atoms with Crippen LogP contribution in [0.3, 0.4) is 0 Å². The van der Waals surface area contributed by atoms with Gasteiger partial charge in [0.25, 0.3) is 5.91 Å². The van der Waals surface area contributed by atoms with Gasteiger partial charge in [0.05, 0.1) is 6.04 Å². The fourth-order valence-electron chi connectivity index (χ4n) is 2.27. The Morgan fingerprint density at radius 1 is 1.50 bits per heavy atom. The van der Waals surface area contributed by atoms with Gasteiger partial charge in [-0.15, -0.1) is 0 Å². The van der Waals surface area contributed by atoms with E-state index < -0.39 is 12.7 Å². The Morgan fingerprint density at radius 3 is 2.70 bits per heavy atom. The van der Waals surface area contributed by atoms with Gasteiger partial charge in [0.2, 0.25) is 0 Å². The van der Waals surface area contributed by atoms with E-state index in [4.69, 9.17) is 0 Å². The van der Waals surface area contributed by atoms with E-state index in [9.17, 15) is 18.0 Å². The minimum atomic E-state index is -4.33. The number of aromatic nitrogens is 1. The Labute approximate surface area is 115 Å². The average Bonchev–Trinajstić information content (AvgIpc) is 2.70. The Morgan fingerprint density at radius 2 is 2.20 bits per heavy atom. The summed E-state index contributed by atoms with van der Waals surface area (Å²) in [4.78, 5) is 14.1. The first-order valence-corrected chi connectivity index (χ1v) is 6.66. The van der Waals surface area contributed by atoms with Crippen molar-refractivity contribution >= 4 is 5.91 Å². The van der Waals surface area contributed by atoms with Crippen molar-refractivity contribution in [1.82, 2.24) is 14.8 Å². The second-order valence-corrected chi connectivity index (χ2v) is 4.95. The molecule has 2 rings (SSSR count). The third-order valence-corrected chi connectivity index (χ3v) is 3.32. The van der Waals surface area contributed by atoms with Gasteiger partial charge < -0.3 is 14.8 Å². The van der Waals surface area contributed by atoms with E-state index in [1.165, 1.54) is 18.3 Å². The Hall–Kier alpha value is -1.50. The molecule has 4 nitrogen and oxygen atoms in total. The van der Waals surface area contributed by atoms with Gasteiger partial charge in [0, 0.05) is 25.8 Å². The average molecular weight is 289 g/mol. The van der Waals surface area contributed by atoms with Crippen LogP contribution in [0.2, 0.25) is 0 Å².